The van der Waals surface area contributed by atoms with Crippen molar-refractivity contribution in [3.63, 3.8) is 0 Å². The van der Waals surface area contributed by atoms with E-state index in [-0.39, 0.29) is 10.8 Å². The predicted octanol–water partition coefficient (Wildman–Crippen LogP) is 2.56. The summed E-state index contributed by atoms with van der Waals surface area (Å²) in [6.45, 7) is 4.09. The molecule has 0 aliphatic heterocycles. The van der Waals surface area contributed by atoms with E-state index in [0.717, 1.165) is 18.4 Å². The zero-order chi connectivity index (χ0) is 13.1. The molecule has 1 aromatic rings. The van der Waals surface area contributed by atoms with Crippen LogP contribution >= 0.6 is 0 Å². The molecule has 1 rings (SSSR count). The molecule has 0 heterocycles. The van der Waals surface area contributed by atoms with Gasteiger partial charge in [0, 0.05) is 6.26 Å². The first-order valence-corrected chi connectivity index (χ1v) is 7.77. The molecule has 0 bridgehead atoms. The largest absolute Gasteiger partial charge is 0.388 e. The van der Waals surface area contributed by atoms with E-state index >= 15 is 0 Å². The van der Waals surface area contributed by atoms with Gasteiger partial charge in [-0.2, -0.15) is 0 Å². The molecular formula is C13H20O3S. The van der Waals surface area contributed by atoms with Crippen LogP contribution in [-0.4, -0.2) is 19.8 Å². The molecule has 0 amide bonds. The van der Waals surface area contributed by atoms with Gasteiger partial charge in [0.25, 0.3) is 0 Å². The molecule has 1 atom stereocenters. The van der Waals surface area contributed by atoms with Gasteiger partial charge in [-0.1, -0.05) is 38.8 Å². The molecule has 0 radical (unpaired) electrons. The van der Waals surface area contributed by atoms with E-state index in [1.54, 1.807) is 24.3 Å². The fraction of sp³-hybridized carbons (Fsp3) is 0.538. The third kappa shape index (κ3) is 3.54. The third-order valence-electron chi connectivity index (χ3n) is 3.15. The van der Waals surface area contributed by atoms with Crippen LogP contribution in [0.4, 0.5) is 0 Å². The van der Waals surface area contributed by atoms with Crippen molar-refractivity contribution in [1.29, 1.82) is 0 Å². The van der Waals surface area contributed by atoms with E-state index in [1.165, 1.54) is 6.26 Å². The van der Waals surface area contributed by atoms with Gasteiger partial charge in [0.1, 0.15) is 0 Å². The first-order valence-electron chi connectivity index (χ1n) is 5.88. The second kappa shape index (κ2) is 5.65. The van der Waals surface area contributed by atoms with E-state index in [1.807, 2.05) is 13.8 Å². The molecule has 96 valence electrons. The van der Waals surface area contributed by atoms with Crippen LogP contribution in [0.5, 0.6) is 0 Å². The normalized spacial score (nSPS) is 13.9. The Kier molecular flexibility index (Phi) is 4.71. The highest BCUT2D eigenvalue weighted by atomic mass is 32.2. The molecule has 3 nitrogen and oxygen atoms in total. The number of aliphatic hydroxyl groups is 1. The second-order valence-electron chi connectivity index (χ2n) is 4.36. The lowest BCUT2D eigenvalue weighted by molar-refractivity contribution is 0.103. The minimum absolute atomic E-state index is 0.221. The maximum absolute atomic E-state index is 11.3. The van der Waals surface area contributed by atoms with Crippen molar-refractivity contribution < 1.29 is 13.5 Å². The first kappa shape index (κ1) is 14.2. The minimum atomic E-state index is -3.16. The Morgan fingerprint density at radius 3 is 1.94 bits per heavy atom. The summed E-state index contributed by atoms with van der Waals surface area (Å²) in [5.41, 5.74) is 0.783. The molecule has 0 aromatic heterocycles. The van der Waals surface area contributed by atoms with Crippen molar-refractivity contribution in [2.24, 2.45) is 5.92 Å². The molecule has 0 spiro atoms. The van der Waals surface area contributed by atoms with Gasteiger partial charge in [-0.3, -0.25) is 0 Å². The highest BCUT2D eigenvalue weighted by Crippen LogP contribution is 2.27. The van der Waals surface area contributed by atoms with Crippen LogP contribution in [0.25, 0.3) is 0 Å². The number of aliphatic hydroxyl groups excluding tert-OH is 1. The molecule has 0 saturated heterocycles. The average molecular weight is 256 g/mol. The lowest BCUT2D eigenvalue weighted by Crippen LogP contribution is -2.11. The van der Waals surface area contributed by atoms with E-state index in [0.29, 0.717) is 0 Å². The predicted molar refractivity (Wildman–Crippen MR) is 68.6 cm³/mol. The van der Waals surface area contributed by atoms with E-state index in [9.17, 15) is 13.5 Å². The van der Waals surface area contributed by atoms with Gasteiger partial charge in [-0.05, 0) is 23.6 Å². The Balaban J connectivity index is 2.95. The van der Waals surface area contributed by atoms with Crippen molar-refractivity contribution in [3.05, 3.63) is 29.8 Å². The Labute approximate surface area is 103 Å². The molecule has 0 saturated carbocycles. The number of hydrogen-bond acceptors (Lipinski definition) is 3. The standard InChI is InChI=1S/C13H20O3S/c1-4-10(5-2)13(14)11-6-8-12(9-7-11)17(3,15)16/h6-10,13-14H,4-5H2,1-3H3. The van der Waals surface area contributed by atoms with Crippen LogP contribution in [0, 0.1) is 5.92 Å². The molecule has 0 fully saturated rings. The summed E-state index contributed by atoms with van der Waals surface area (Å²) >= 11 is 0. The maximum atomic E-state index is 11.3. The quantitative estimate of drug-likeness (QED) is 0.881. The molecular weight excluding hydrogens is 236 g/mol. The first-order chi connectivity index (χ1) is 7.90. The number of benzene rings is 1. The molecule has 0 aliphatic rings. The number of hydrogen-bond donors (Lipinski definition) is 1. The average Bonchev–Trinajstić information content (AvgIpc) is 2.29. The Morgan fingerprint density at radius 1 is 1.12 bits per heavy atom. The number of sulfone groups is 1. The molecule has 1 N–H and O–H groups in total. The van der Waals surface area contributed by atoms with Crippen LogP contribution in [0.3, 0.4) is 0 Å². The van der Waals surface area contributed by atoms with Gasteiger partial charge in [-0.25, -0.2) is 8.42 Å². The third-order valence-corrected chi connectivity index (χ3v) is 4.27. The highest BCUT2D eigenvalue weighted by molar-refractivity contribution is 7.90. The maximum Gasteiger partial charge on any atom is 0.175 e. The Morgan fingerprint density at radius 2 is 1.59 bits per heavy atom. The van der Waals surface area contributed by atoms with Gasteiger partial charge >= 0.3 is 0 Å². The van der Waals surface area contributed by atoms with Gasteiger partial charge in [0.05, 0.1) is 11.0 Å². The van der Waals surface area contributed by atoms with E-state index in [2.05, 4.69) is 0 Å². The summed E-state index contributed by atoms with van der Waals surface area (Å²) in [7, 11) is -3.16. The zero-order valence-corrected chi connectivity index (χ0v) is 11.4. The molecule has 4 heteroatoms. The van der Waals surface area contributed by atoms with Crippen LogP contribution in [-0.2, 0) is 9.84 Å². The monoisotopic (exact) mass is 256 g/mol. The van der Waals surface area contributed by atoms with E-state index in [4.69, 9.17) is 0 Å². The van der Waals surface area contributed by atoms with E-state index < -0.39 is 15.9 Å². The van der Waals surface area contributed by atoms with Gasteiger partial charge < -0.3 is 5.11 Å². The molecule has 17 heavy (non-hydrogen) atoms. The Bertz CT molecular complexity index is 444. The SMILES string of the molecule is CCC(CC)C(O)c1ccc(S(C)(=O)=O)cc1. The summed E-state index contributed by atoms with van der Waals surface area (Å²) in [4.78, 5) is 0.290. The lowest BCUT2D eigenvalue weighted by Gasteiger charge is -2.20. The molecule has 1 aromatic carbocycles. The van der Waals surface area contributed by atoms with Crippen molar-refractivity contribution in [2.45, 2.75) is 37.7 Å². The summed E-state index contributed by atoms with van der Waals surface area (Å²) < 4.78 is 22.6. The summed E-state index contributed by atoms with van der Waals surface area (Å²) in [6.07, 6.45) is 2.48. The van der Waals surface area contributed by atoms with Crippen LogP contribution in [0.2, 0.25) is 0 Å². The second-order valence-corrected chi connectivity index (χ2v) is 6.38. The van der Waals surface area contributed by atoms with Crippen molar-refractivity contribution in [1.82, 2.24) is 0 Å². The molecule has 0 aliphatic carbocycles. The molecule has 1 unspecified atom stereocenters. The number of rotatable bonds is 5. The highest BCUT2D eigenvalue weighted by Gasteiger charge is 2.18. The van der Waals surface area contributed by atoms with Gasteiger partial charge in [-0.15, -0.1) is 0 Å². The van der Waals surface area contributed by atoms with Crippen LogP contribution < -0.4 is 0 Å². The lowest BCUT2D eigenvalue weighted by atomic mass is 9.91. The fourth-order valence-corrected chi connectivity index (χ4v) is 2.55. The summed E-state index contributed by atoms with van der Waals surface area (Å²) in [5, 5.41) is 10.1. The van der Waals surface area contributed by atoms with Gasteiger partial charge in [0.15, 0.2) is 9.84 Å². The Hall–Kier alpha value is -0.870. The fourth-order valence-electron chi connectivity index (χ4n) is 1.92. The van der Waals surface area contributed by atoms with Crippen molar-refractivity contribution in [2.75, 3.05) is 6.26 Å². The zero-order valence-electron chi connectivity index (χ0n) is 10.6. The smallest absolute Gasteiger partial charge is 0.175 e. The summed E-state index contributed by atoms with van der Waals surface area (Å²) in [6, 6.07) is 6.49. The topological polar surface area (TPSA) is 54.4 Å². The van der Waals surface area contributed by atoms with Crippen LogP contribution in [0.15, 0.2) is 29.2 Å². The van der Waals surface area contributed by atoms with Crippen molar-refractivity contribution in [3.8, 4) is 0 Å². The van der Waals surface area contributed by atoms with Crippen molar-refractivity contribution >= 4 is 9.84 Å². The minimum Gasteiger partial charge on any atom is -0.388 e. The van der Waals surface area contributed by atoms with Gasteiger partial charge in [0.2, 0.25) is 0 Å². The van der Waals surface area contributed by atoms with Crippen LogP contribution in [0.1, 0.15) is 38.4 Å². The summed E-state index contributed by atoms with van der Waals surface area (Å²) in [5.74, 6) is 0.221.